The van der Waals surface area contributed by atoms with E-state index in [1.54, 1.807) is 0 Å². The molecule has 0 radical (unpaired) electrons. The summed E-state index contributed by atoms with van der Waals surface area (Å²) in [4.78, 5) is 12.0. The molecule has 0 heterocycles. The van der Waals surface area contributed by atoms with Crippen molar-refractivity contribution in [2.75, 3.05) is 0 Å². The van der Waals surface area contributed by atoms with E-state index in [4.69, 9.17) is 0 Å². The molecular formula is C14H18Br2O3. The number of halogens is 2. The van der Waals surface area contributed by atoms with E-state index in [0.29, 0.717) is 10.9 Å². The van der Waals surface area contributed by atoms with Crippen molar-refractivity contribution in [2.45, 2.75) is 45.4 Å². The Hall–Kier alpha value is -0.550. The van der Waals surface area contributed by atoms with Crippen LogP contribution in [0.5, 0.6) is 11.5 Å². The molecule has 19 heavy (non-hydrogen) atoms. The van der Waals surface area contributed by atoms with Gasteiger partial charge in [0.1, 0.15) is 16.0 Å². The second-order valence-electron chi connectivity index (χ2n) is 4.50. The summed E-state index contributed by atoms with van der Waals surface area (Å²) in [6.45, 7) is 2.15. The fourth-order valence-electron chi connectivity index (χ4n) is 1.84. The molecule has 0 aromatic heterocycles. The first-order valence-electron chi connectivity index (χ1n) is 6.42. The first kappa shape index (κ1) is 16.5. The van der Waals surface area contributed by atoms with Crippen LogP contribution in [0.15, 0.2) is 15.0 Å². The molecule has 5 heteroatoms. The zero-order valence-electron chi connectivity index (χ0n) is 10.9. The Morgan fingerprint density at radius 3 is 2.37 bits per heavy atom. The summed E-state index contributed by atoms with van der Waals surface area (Å²) in [5.74, 6) is -0.397. The molecule has 1 rings (SSSR count). The summed E-state index contributed by atoms with van der Waals surface area (Å²) >= 11 is 6.23. The van der Waals surface area contributed by atoms with Crippen molar-refractivity contribution < 1.29 is 15.0 Å². The second-order valence-corrected chi connectivity index (χ2v) is 6.15. The molecule has 3 nitrogen and oxygen atoms in total. The van der Waals surface area contributed by atoms with Crippen LogP contribution in [-0.4, -0.2) is 16.0 Å². The van der Waals surface area contributed by atoms with Gasteiger partial charge >= 0.3 is 0 Å². The molecule has 0 fully saturated rings. The van der Waals surface area contributed by atoms with Crippen molar-refractivity contribution in [1.82, 2.24) is 0 Å². The first-order chi connectivity index (χ1) is 8.99. The van der Waals surface area contributed by atoms with Gasteiger partial charge in [0.15, 0.2) is 5.78 Å². The topological polar surface area (TPSA) is 57.5 Å². The minimum Gasteiger partial charge on any atom is -0.506 e. The van der Waals surface area contributed by atoms with E-state index in [-0.39, 0.29) is 27.3 Å². The van der Waals surface area contributed by atoms with Gasteiger partial charge in [0.25, 0.3) is 0 Å². The van der Waals surface area contributed by atoms with Crippen molar-refractivity contribution in [2.24, 2.45) is 0 Å². The average molecular weight is 394 g/mol. The number of benzene rings is 1. The lowest BCUT2D eigenvalue weighted by atomic mass is 10.0. The lowest BCUT2D eigenvalue weighted by Gasteiger charge is -2.09. The molecule has 0 aliphatic rings. The van der Waals surface area contributed by atoms with Gasteiger partial charge in [-0.15, -0.1) is 0 Å². The van der Waals surface area contributed by atoms with Crippen molar-refractivity contribution in [3.05, 3.63) is 20.6 Å². The summed E-state index contributed by atoms with van der Waals surface area (Å²) in [5.41, 5.74) is 0.243. The zero-order valence-corrected chi connectivity index (χ0v) is 14.1. The first-order valence-corrected chi connectivity index (χ1v) is 8.00. The van der Waals surface area contributed by atoms with Crippen LogP contribution in [0.25, 0.3) is 0 Å². The van der Waals surface area contributed by atoms with E-state index in [2.05, 4.69) is 38.8 Å². The van der Waals surface area contributed by atoms with Crippen LogP contribution in [-0.2, 0) is 0 Å². The quantitative estimate of drug-likeness (QED) is 0.496. The molecule has 1 aromatic rings. The fraction of sp³-hybridized carbons (Fsp3) is 0.500. The third kappa shape index (κ3) is 4.49. The van der Waals surface area contributed by atoms with Crippen LogP contribution in [0.4, 0.5) is 0 Å². The maximum atomic E-state index is 12.0. The van der Waals surface area contributed by atoms with E-state index in [1.165, 1.54) is 18.9 Å². The molecule has 0 aliphatic carbocycles. The number of unbranched alkanes of at least 4 members (excludes halogenated alkanes) is 4. The predicted octanol–water partition coefficient (Wildman–Crippen LogP) is 5.17. The molecule has 1 aromatic carbocycles. The fourth-order valence-corrected chi connectivity index (χ4v) is 2.96. The summed E-state index contributed by atoms with van der Waals surface area (Å²) in [7, 11) is 0. The van der Waals surface area contributed by atoms with E-state index in [0.717, 1.165) is 19.3 Å². The van der Waals surface area contributed by atoms with Crippen LogP contribution in [0, 0.1) is 0 Å². The largest absolute Gasteiger partial charge is 0.506 e. The van der Waals surface area contributed by atoms with E-state index in [1.807, 2.05) is 0 Å². The van der Waals surface area contributed by atoms with Gasteiger partial charge in [-0.2, -0.15) is 0 Å². The molecule has 106 valence electrons. The van der Waals surface area contributed by atoms with Crippen molar-refractivity contribution in [3.63, 3.8) is 0 Å². The Kier molecular flexibility index (Phi) is 6.86. The highest BCUT2D eigenvalue weighted by atomic mass is 79.9. The SMILES string of the molecule is CCCCCCCC(=O)c1cc(Br)c(O)c(Br)c1O. The van der Waals surface area contributed by atoms with Gasteiger partial charge < -0.3 is 10.2 Å². The second kappa shape index (κ2) is 7.90. The van der Waals surface area contributed by atoms with Crippen LogP contribution < -0.4 is 0 Å². The van der Waals surface area contributed by atoms with Crippen molar-refractivity contribution in [1.29, 1.82) is 0 Å². The molecule has 0 saturated carbocycles. The summed E-state index contributed by atoms with van der Waals surface area (Å²) in [5, 5.41) is 19.5. The molecule has 0 atom stereocenters. The van der Waals surface area contributed by atoms with Crippen LogP contribution in [0.2, 0.25) is 0 Å². The smallest absolute Gasteiger partial charge is 0.166 e. The van der Waals surface area contributed by atoms with Crippen molar-refractivity contribution >= 4 is 37.6 Å². The number of hydrogen-bond donors (Lipinski definition) is 2. The summed E-state index contributed by atoms with van der Waals surface area (Å²) < 4.78 is 0.544. The summed E-state index contributed by atoms with van der Waals surface area (Å²) in [6, 6.07) is 1.46. The molecule has 2 N–H and O–H groups in total. The number of rotatable bonds is 7. The molecule has 0 saturated heterocycles. The molecular weight excluding hydrogens is 376 g/mol. The Labute approximate surface area is 130 Å². The van der Waals surface area contributed by atoms with Gasteiger partial charge in [-0.3, -0.25) is 4.79 Å². The van der Waals surface area contributed by atoms with Crippen LogP contribution >= 0.6 is 31.9 Å². The number of carbonyl (C=O) groups excluding carboxylic acids is 1. The Morgan fingerprint density at radius 2 is 1.74 bits per heavy atom. The highest BCUT2D eigenvalue weighted by Crippen LogP contribution is 2.41. The third-order valence-corrected chi connectivity index (χ3v) is 4.33. The number of ketones is 1. The van der Waals surface area contributed by atoms with Gasteiger partial charge in [-0.05, 0) is 44.3 Å². The number of aromatic hydroxyl groups is 2. The number of Topliss-reactive ketones (excluding diaryl/α,β-unsaturated/α-hetero) is 1. The maximum absolute atomic E-state index is 12.0. The van der Waals surface area contributed by atoms with E-state index < -0.39 is 0 Å². The molecule has 0 unspecified atom stereocenters. The third-order valence-electron chi connectivity index (χ3n) is 2.98. The lowest BCUT2D eigenvalue weighted by molar-refractivity contribution is 0.0976. The van der Waals surface area contributed by atoms with Gasteiger partial charge in [-0.1, -0.05) is 32.6 Å². The van der Waals surface area contributed by atoms with Crippen LogP contribution in [0.1, 0.15) is 55.8 Å². The molecule has 0 bridgehead atoms. The van der Waals surface area contributed by atoms with Gasteiger partial charge in [-0.25, -0.2) is 0 Å². The molecule has 0 aliphatic heterocycles. The minimum absolute atomic E-state index is 0.100. The Balaban J connectivity index is 2.67. The predicted molar refractivity (Wildman–Crippen MR) is 82.9 cm³/mol. The lowest BCUT2D eigenvalue weighted by Crippen LogP contribution is -2.00. The molecule has 0 spiro atoms. The van der Waals surface area contributed by atoms with Gasteiger partial charge in [0.05, 0.1) is 10.0 Å². The normalized spacial score (nSPS) is 10.7. The monoisotopic (exact) mass is 392 g/mol. The standard InChI is InChI=1S/C14H18Br2O3/c1-2-3-4-5-6-7-11(17)9-8-10(15)14(19)12(16)13(9)18/h8,18-19H,2-7H2,1H3. The number of phenolic OH excluding ortho intramolecular Hbond substituents is 2. The van der Waals surface area contributed by atoms with Gasteiger partial charge in [0, 0.05) is 6.42 Å². The van der Waals surface area contributed by atoms with Gasteiger partial charge in [0.2, 0.25) is 0 Å². The van der Waals surface area contributed by atoms with E-state index in [9.17, 15) is 15.0 Å². The Morgan fingerprint density at radius 1 is 1.11 bits per heavy atom. The minimum atomic E-state index is -0.195. The highest BCUT2D eigenvalue weighted by molar-refractivity contribution is 9.11. The highest BCUT2D eigenvalue weighted by Gasteiger charge is 2.18. The average Bonchev–Trinajstić information content (AvgIpc) is 2.40. The summed E-state index contributed by atoms with van der Waals surface area (Å²) in [6.07, 6.45) is 5.77. The number of hydrogen-bond acceptors (Lipinski definition) is 3. The van der Waals surface area contributed by atoms with E-state index >= 15 is 0 Å². The number of phenols is 2. The number of carbonyl (C=O) groups is 1. The Bertz CT molecular complexity index is 458. The van der Waals surface area contributed by atoms with Crippen molar-refractivity contribution in [3.8, 4) is 11.5 Å². The zero-order chi connectivity index (χ0) is 14.4. The van der Waals surface area contributed by atoms with Crippen LogP contribution in [0.3, 0.4) is 0 Å². The molecule has 0 amide bonds. The maximum Gasteiger partial charge on any atom is 0.166 e.